The lowest BCUT2D eigenvalue weighted by Crippen LogP contribution is -2.27. The molecule has 2 aromatic rings. The molecule has 0 aliphatic carbocycles. The first-order chi connectivity index (χ1) is 14.2. The van der Waals surface area contributed by atoms with E-state index in [4.69, 9.17) is 20.7 Å². The Balaban J connectivity index is 0.000000479. The van der Waals surface area contributed by atoms with Crippen molar-refractivity contribution in [1.82, 2.24) is 0 Å². The topological polar surface area (TPSA) is 130 Å². The average Bonchev–Trinajstić information content (AvgIpc) is 3.30. The van der Waals surface area contributed by atoms with E-state index >= 15 is 0 Å². The summed E-state index contributed by atoms with van der Waals surface area (Å²) in [6.45, 7) is 4.42. The lowest BCUT2D eigenvalue weighted by atomic mass is 10.0. The van der Waals surface area contributed by atoms with Crippen molar-refractivity contribution in [2.75, 3.05) is 6.61 Å². The summed E-state index contributed by atoms with van der Waals surface area (Å²) in [6, 6.07) is 6.14. The van der Waals surface area contributed by atoms with Gasteiger partial charge in [0, 0.05) is 17.0 Å². The number of hydrogen-bond acceptors (Lipinski definition) is 7. The molecule has 0 radical (unpaired) electrons. The van der Waals surface area contributed by atoms with Crippen molar-refractivity contribution < 1.29 is 29.6 Å². The van der Waals surface area contributed by atoms with Crippen LogP contribution in [0.5, 0.6) is 5.06 Å². The van der Waals surface area contributed by atoms with Gasteiger partial charge in [-0.05, 0) is 54.8 Å². The number of rotatable bonds is 8. The SMILES string of the molecule is Cc1csc(OCC#Cc2ccc(CC[C@@H](C)C(N)O)s2)c1.O=C(O)C=CC(=O)O. The minimum Gasteiger partial charge on any atom is -0.478 e. The Morgan fingerprint density at radius 1 is 1.27 bits per heavy atom. The van der Waals surface area contributed by atoms with Crippen molar-refractivity contribution >= 4 is 34.6 Å². The maximum atomic E-state index is 9.55. The van der Waals surface area contributed by atoms with Crippen LogP contribution < -0.4 is 10.5 Å². The van der Waals surface area contributed by atoms with Gasteiger partial charge in [-0.1, -0.05) is 18.8 Å². The highest BCUT2D eigenvalue weighted by Crippen LogP contribution is 2.22. The van der Waals surface area contributed by atoms with E-state index < -0.39 is 18.2 Å². The highest BCUT2D eigenvalue weighted by molar-refractivity contribution is 7.12. The molecule has 162 valence electrons. The molecule has 2 atom stereocenters. The van der Waals surface area contributed by atoms with Gasteiger partial charge in [-0.2, -0.15) is 0 Å². The Morgan fingerprint density at radius 3 is 2.47 bits per heavy atom. The number of carbonyl (C=O) groups is 2. The molecule has 0 aliphatic heterocycles. The number of carboxylic acid groups (broad SMARTS) is 2. The van der Waals surface area contributed by atoms with Crippen molar-refractivity contribution in [2.24, 2.45) is 11.7 Å². The summed E-state index contributed by atoms with van der Waals surface area (Å²) >= 11 is 3.28. The van der Waals surface area contributed by atoms with Gasteiger partial charge in [0.25, 0.3) is 0 Å². The largest absolute Gasteiger partial charge is 0.478 e. The number of carboxylic acids is 2. The molecule has 9 heteroatoms. The highest BCUT2D eigenvalue weighted by Gasteiger charge is 2.09. The summed E-state index contributed by atoms with van der Waals surface area (Å²) in [7, 11) is 0. The predicted molar refractivity (Wildman–Crippen MR) is 118 cm³/mol. The molecule has 0 saturated heterocycles. The van der Waals surface area contributed by atoms with Crippen LogP contribution in [0, 0.1) is 24.7 Å². The van der Waals surface area contributed by atoms with Gasteiger partial charge >= 0.3 is 11.9 Å². The number of aliphatic carboxylic acids is 2. The second-order valence-corrected chi connectivity index (χ2v) is 8.36. The van der Waals surface area contributed by atoms with Crippen LogP contribution >= 0.6 is 22.7 Å². The summed E-state index contributed by atoms with van der Waals surface area (Å²) in [5.74, 6) is 3.76. The molecule has 7 nitrogen and oxygen atoms in total. The molecule has 2 rings (SSSR count). The first-order valence-corrected chi connectivity index (χ1v) is 10.7. The van der Waals surface area contributed by atoms with Crippen molar-refractivity contribution in [1.29, 1.82) is 0 Å². The zero-order chi connectivity index (χ0) is 22.5. The molecule has 0 saturated carbocycles. The molecule has 0 aromatic carbocycles. The number of thiophene rings is 2. The standard InChI is InChI=1S/C17H21NO2S2.C4H4O4/c1-12-10-16(21-11-12)20-9-3-4-14-7-8-15(22-14)6-5-13(2)17(18)19;5-3(6)1-2-4(7)8/h7-8,10-11,13,17,19H,5-6,9,18H2,1-2H3;1-2H,(H,5,6)(H,7,8)/t13-,17?;/m1./s1. The maximum Gasteiger partial charge on any atom is 0.328 e. The second kappa shape index (κ2) is 13.6. The fourth-order valence-corrected chi connectivity index (χ4v) is 3.62. The fraction of sp³-hybridized carbons (Fsp3) is 0.333. The normalized spacial score (nSPS) is 12.3. The molecule has 1 unspecified atom stereocenters. The minimum absolute atomic E-state index is 0.110. The van der Waals surface area contributed by atoms with Gasteiger partial charge < -0.3 is 25.8 Å². The quantitative estimate of drug-likeness (QED) is 0.276. The van der Waals surface area contributed by atoms with E-state index in [1.165, 1.54) is 10.4 Å². The van der Waals surface area contributed by atoms with Gasteiger partial charge in [-0.25, -0.2) is 9.59 Å². The third-order valence-corrected chi connectivity index (χ3v) is 5.68. The van der Waals surface area contributed by atoms with E-state index in [0.717, 1.165) is 22.8 Å². The third kappa shape index (κ3) is 11.4. The van der Waals surface area contributed by atoms with Crippen LogP contribution in [0.15, 0.2) is 35.7 Å². The number of ether oxygens (including phenoxy) is 1. The smallest absolute Gasteiger partial charge is 0.328 e. The average molecular weight is 452 g/mol. The number of aliphatic hydroxyl groups is 1. The molecule has 0 bridgehead atoms. The lowest BCUT2D eigenvalue weighted by molar-refractivity contribution is -0.134. The molecule has 2 aromatic heterocycles. The molecular weight excluding hydrogens is 426 g/mol. The van der Waals surface area contributed by atoms with Crippen molar-refractivity contribution in [2.45, 2.75) is 32.9 Å². The van der Waals surface area contributed by atoms with Crippen LogP contribution in [-0.4, -0.2) is 40.1 Å². The molecule has 0 amide bonds. The Kier molecular flexibility index (Phi) is 11.5. The van der Waals surface area contributed by atoms with Gasteiger partial charge in [0.15, 0.2) is 5.06 Å². The summed E-state index contributed by atoms with van der Waals surface area (Å²) < 4.78 is 5.57. The van der Waals surface area contributed by atoms with Gasteiger partial charge in [0.05, 0.1) is 4.88 Å². The van der Waals surface area contributed by atoms with E-state index in [2.05, 4.69) is 23.3 Å². The number of aliphatic hydroxyl groups excluding tert-OH is 1. The lowest BCUT2D eigenvalue weighted by Gasteiger charge is -2.12. The van der Waals surface area contributed by atoms with Crippen LogP contribution in [0.25, 0.3) is 0 Å². The van der Waals surface area contributed by atoms with Crippen LogP contribution in [0.1, 0.15) is 28.7 Å². The number of aryl methyl sites for hydroxylation is 2. The Morgan fingerprint density at radius 2 is 1.93 bits per heavy atom. The van der Waals surface area contributed by atoms with Crippen molar-refractivity contribution in [3.63, 3.8) is 0 Å². The van der Waals surface area contributed by atoms with Gasteiger partial charge in [-0.3, -0.25) is 0 Å². The highest BCUT2D eigenvalue weighted by atomic mass is 32.1. The molecule has 0 aliphatic rings. The van der Waals surface area contributed by atoms with E-state index in [1.54, 1.807) is 22.7 Å². The predicted octanol–water partition coefficient (Wildman–Crippen LogP) is 3.11. The molecule has 2 heterocycles. The van der Waals surface area contributed by atoms with Gasteiger partial charge in [0.2, 0.25) is 0 Å². The summed E-state index contributed by atoms with van der Waals surface area (Å²) in [6.07, 6.45) is 2.18. The number of nitrogens with two attached hydrogens (primary N) is 1. The van der Waals surface area contributed by atoms with E-state index in [1.807, 2.05) is 26.0 Å². The van der Waals surface area contributed by atoms with Crippen LogP contribution in [0.3, 0.4) is 0 Å². The monoisotopic (exact) mass is 451 g/mol. The fourth-order valence-electron chi connectivity index (χ4n) is 1.97. The molecule has 30 heavy (non-hydrogen) atoms. The second-order valence-electron chi connectivity index (χ2n) is 6.32. The minimum atomic E-state index is -1.26. The van der Waals surface area contributed by atoms with E-state index in [0.29, 0.717) is 18.8 Å². The van der Waals surface area contributed by atoms with E-state index in [-0.39, 0.29) is 5.92 Å². The van der Waals surface area contributed by atoms with Crippen LogP contribution in [-0.2, 0) is 16.0 Å². The third-order valence-electron chi connectivity index (χ3n) is 3.66. The zero-order valence-electron chi connectivity index (χ0n) is 16.7. The molecule has 0 fully saturated rings. The molecule has 5 N–H and O–H groups in total. The van der Waals surface area contributed by atoms with E-state index in [9.17, 15) is 14.7 Å². The Bertz CT molecular complexity index is 888. The first-order valence-electron chi connectivity index (χ1n) is 9.00. The maximum absolute atomic E-state index is 9.55. The van der Waals surface area contributed by atoms with Crippen molar-refractivity contribution in [3.8, 4) is 16.9 Å². The van der Waals surface area contributed by atoms with Gasteiger partial charge in [-0.15, -0.1) is 22.7 Å². The van der Waals surface area contributed by atoms with Crippen LogP contribution in [0.2, 0.25) is 0 Å². The van der Waals surface area contributed by atoms with Crippen molar-refractivity contribution in [3.05, 3.63) is 51.0 Å². The Hall–Kier alpha value is -2.64. The molecule has 0 spiro atoms. The summed E-state index contributed by atoms with van der Waals surface area (Å²) in [5.41, 5.74) is 6.67. The number of hydrogen-bond donors (Lipinski definition) is 4. The molecular formula is C21H25NO6S2. The van der Waals surface area contributed by atoms with Gasteiger partial charge in [0.1, 0.15) is 12.8 Å². The van der Waals surface area contributed by atoms with Crippen LogP contribution in [0.4, 0.5) is 0 Å². The summed E-state index contributed by atoms with van der Waals surface area (Å²) in [5, 5.41) is 27.9. The Labute approximate surface area is 183 Å². The summed E-state index contributed by atoms with van der Waals surface area (Å²) in [4.78, 5) is 21.4. The zero-order valence-corrected chi connectivity index (χ0v) is 18.3. The first kappa shape index (κ1) is 25.4.